The third kappa shape index (κ3) is 3.47. The van der Waals surface area contributed by atoms with Gasteiger partial charge in [0.1, 0.15) is 0 Å². The number of aromatic nitrogens is 2. The number of H-pyrrole nitrogens is 1. The second kappa shape index (κ2) is 6.06. The van der Waals surface area contributed by atoms with Crippen molar-refractivity contribution in [2.24, 2.45) is 0 Å². The fraction of sp³-hybridized carbons (Fsp3) is 0.231. The number of esters is 1. The van der Waals surface area contributed by atoms with Gasteiger partial charge in [-0.25, -0.2) is 17.9 Å². The van der Waals surface area contributed by atoms with Crippen LogP contribution in [0.15, 0.2) is 35.4 Å². The van der Waals surface area contributed by atoms with Gasteiger partial charge in [-0.1, -0.05) is 0 Å². The van der Waals surface area contributed by atoms with Crippen molar-refractivity contribution in [3.63, 3.8) is 0 Å². The Bertz CT molecular complexity index is 735. The predicted molar refractivity (Wildman–Crippen MR) is 75.1 cm³/mol. The van der Waals surface area contributed by atoms with Crippen molar-refractivity contribution in [1.82, 2.24) is 14.9 Å². The first kappa shape index (κ1) is 15.2. The minimum atomic E-state index is -3.65. The Morgan fingerprint density at radius 2 is 2.00 bits per heavy atom. The molecular weight excluding hydrogens is 294 g/mol. The molecule has 8 heteroatoms. The minimum absolute atomic E-state index is 0.0799. The summed E-state index contributed by atoms with van der Waals surface area (Å²) in [5.41, 5.74) is 1.87. The normalized spacial score (nSPS) is 11.3. The standard InChI is InChI=1S/C13H15N3O4S/c1-9-11(7-14-16-9)8-15-21(18,19)12-5-3-10(4-6-12)13(17)20-2/h3-7,15H,8H2,1-2H3,(H,14,16). The van der Waals surface area contributed by atoms with Crippen LogP contribution in [0.3, 0.4) is 0 Å². The van der Waals surface area contributed by atoms with E-state index in [2.05, 4.69) is 19.7 Å². The van der Waals surface area contributed by atoms with Crippen LogP contribution in [0.2, 0.25) is 0 Å². The maximum atomic E-state index is 12.1. The molecule has 0 fully saturated rings. The lowest BCUT2D eigenvalue weighted by Crippen LogP contribution is -2.23. The number of aromatic amines is 1. The fourth-order valence-corrected chi connectivity index (χ4v) is 2.70. The summed E-state index contributed by atoms with van der Waals surface area (Å²) in [5, 5.41) is 6.56. The van der Waals surface area contributed by atoms with Crippen LogP contribution in [0.1, 0.15) is 21.6 Å². The van der Waals surface area contributed by atoms with E-state index in [1.54, 1.807) is 6.20 Å². The number of hydrogen-bond acceptors (Lipinski definition) is 5. The van der Waals surface area contributed by atoms with E-state index in [1.807, 2.05) is 6.92 Å². The van der Waals surface area contributed by atoms with E-state index < -0.39 is 16.0 Å². The van der Waals surface area contributed by atoms with Crippen LogP contribution in [-0.4, -0.2) is 31.7 Å². The molecule has 112 valence electrons. The molecule has 0 aliphatic carbocycles. The van der Waals surface area contributed by atoms with Crippen molar-refractivity contribution in [2.45, 2.75) is 18.4 Å². The number of ether oxygens (including phenoxy) is 1. The summed E-state index contributed by atoms with van der Waals surface area (Å²) >= 11 is 0. The summed E-state index contributed by atoms with van der Waals surface area (Å²) in [4.78, 5) is 11.4. The van der Waals surface area contributed by atoms with Gasteiger partial charge in [0, 0.05) is 17.8 Å². The number of methoxy groups -OCH3 is 1. The van der Waals surface area contributed by atoms with Crippen LogP contribution in [-0.2, 0) is 21.3 Å². The number of carbonyl (C=O) groups excluding carboxylic acids is 1. The average molecular weight is 309 g/mol. The fourth-order valence-electron chi connectivity index (χ4n) is 1.70. The number of carbonyl (C=O) groups is 1. The van der Waals surface area contributed by atoms with E-state index in [1.165, 1.54) is 31.4 Å². The van der Waals surface area contributed by atoms with Crippen LogP contribution >= 0.6 is 0 Å². The Balaban J connectivity index is 2.12. The lowest BCUT2D eigenvalue weighted by atomic mass is 10.2. The lowest BCUT2D eigenvalue weighted by molar-refractivity contribution is 0.0600. The van der Waals surface area contributed by atoms with E-state index in [9.17, 15) is 13.2 Å². The van der Waals surface area contributed by atoms with E-state index in [0.29, 0.717) is 5.56 Å². The highest BCUT2D eigenvalue weighted by Gasteiger charge is 2.15. The van der Waals surface area contributed by atoms with Crippen LogP contribution in [0.5, 0.6) is 0 Å². The van der Waals surface area contributed by atoms with Crippen molar-refractivity contribution in [3.05, 3.63) is 47.3 Å². The third-order valence-electron chi connectivity index (χ3n) is 2.97. The molecular formula is C13H15N3O4S. The van der Waals surface area contributed by atoms with Crippen molar-refractivity contribution in [2.75, 3.05) is 7.11 Å². The molecule has 0 atom stereocenters. The second-order valence-corrected chi connectivity index (χ2v) is 6.13. The zero-order chi connectivity index (χ0) is 15.5. The van der Waals surface area contributed by atoms with Gasteiger partial charge in [-0.2, -0.15) is 5.10 Å². The molecule has 0 unspecified atom stereocenters. The molecule has 0 spiro atoms. The number of aryl methyl sites for hydroxylation is 1. The summed E-state index contributed by atoms with van der Waals surface area (Å²) in [5.74, 6) is -0.513. The Kier molecular flexibility index (Phi) is 4.39. The van der Waals surface area contributed by atoms with Gasteiger partial charge in [-0.15, -0.1) is 0 Å². The first-order valence-corrected chi connectivity index (χ1v) is 7.59. The smallest absolute Gasteiger partial charge is 0.337 e. The molecule has 0 amide bonds. The Hall–Kier alpha value is -2.19. The zero-order valence-electron chi connectivity index (χ0n) is 11.6. The van der Waals surface area contributed by atoms with Crippen molar-refractivity contribution < 1.29 is 17.9 Å². The molecule has 0 radical (unpaired) electrons. The van der Waals surface area contributed by atoms with Gasteiger partial charge in [0.05, 0.1) is 23.8 Å². The van der Waals surface area contributed by atoms with Gasteiger partial charge >= 0.3 is 5.97 Å². The number of hydrogen-bond donors (Lipinski definition) is 2. The maximum Gasteiger partial charge on any atom is 0.337 e. The van der Waals surface area contributed by atoms with Crippen molar-refractivity contribution >= 4 is 16.0 Å². The quantitative estimate of drug-likeness (QED) is 0.802. The Morgan fingerprint density at radius 3 is 2.52 bits per heavy atom. The van der Waals surface area contributed by atoms with Gasteiger partial charge in [0.15, 0.2) is 0 Å². The zero-order valence-corrected chi connectivity index (χ0v) is 12.4. The van der Waals surface area contributed by atoms with E-state index in [0.717, 1.165) is 11.3 Å². The molecule has 1 aromatic heterocycles. The van der Waals surface area contributed by atoms with Crippen molar-refractivity contribution in [3.8, 4) is 0 Å². The lowest BCUT2D eigenvalue weighted by Gasteiger charge is -2.07. The third-order valence-corrected chi connectivity index (χ3v) is 4.39. The van der Waals surface area contributed by atoms with E-state index in [-0.39, 0.29) is 11.4 Å². The van der Waals surface area contributed by atoms with Crippen LogP contribution in [0, 0.1) is 6.92 Å². The predicted octanol–water partition coefficient (Wildman–Crippen LogP) is 0.983. The molecule has 2 aromatic rings. The molecule has 7 nitrogen and oxygen atoms in total. The minimum Gasteiger partial charge on any atom is -0.465 e. The largest absolute Gasteiger partial charge is 0.465 e. The number of sulfonamides is 1. The highest BCUT2D eigenvalue weighted by molar-refractivity contribution is 7.89. The first-order chi connectivity index (χ1) is 9.94. The van der Waals surface area contributed by atoms with Gasteiger partial charge in [0.25, 0.3) is 0 Å². The van der Waals surface area contributed by atoms with E-state index >= 15 is 0 Å². The van der Waals surface area contributed by atoms with Gasteiger partial charge < -0.3 is 4.74 Å². The molecule has 0 saturated heterocycles. The topological polar surface area (TPSA) is 101 Å². The maximum absolute atomic E-state index is 12.1. The van der Waals surface area contributed by atoms with Gasteiger partial charge in [-0.3, -0.25) is 5.10 Å². The molecule has 0 aliphatic rings. The molecule has 1 aromatic carbocycles. The first-order valence-electron chi connectivity index (χ1n) is 6.11. The highest BCUT2D eigenvalue weighted by Crippen LogP contribution is 2.12. The second-order valence-electron chi connectivity index (χ2n) is 4.36. The summed E-state index contributed by atoms with van der Waals surface area (Å²) in [7, 11) is -2.38. The summed E-state index contributed by atoms with van der Waals surface area (Å²) in [6.07, 6.45) is 1.57. The number of benzene rings is 1. The summed E-state index contributed by atoms with van der Waals surface area (Å²) in [6.45, 7) is 1.95. The molecule has 2 N–H and O–H groups in total. The molecule has 1 heterocycles. The molecule has 0 aliphatic heterocycles. The Morgan fingerprint density at radius 1 is 1.33 bits per heavy atom. The van der Waals surface area contributed by atoms with E-state index in [4.69, 9.17) is 0 Å². The molecule has 0 bridgehead atoms. The van der Waals surface area contributed by atoms with Crippen molar-refractivity contribution in [1.29, 1.82) is 0 Å². The van der Waals surface area contributed by atoms with Gasteiger partial charge in [0.2, 0.25) is 10.0 Å². The SMILES string of the molecule is COC(=O)c1ccc(S(=O)(=O)NCc2cn[nH]c2C)cc1. The average Bonchev–Trinajstić information content (AvgIpc) is 2.90. The number of nitrogens with zero attached hydrogens (tertiary/aromatic N) is 1. The van der Waals surface area contributed by atoms with Crippen LogP contribution < -0.4 is 4.72 Å². The van der Waals surface area contributed by atoms with Crippen LogP contribution in [0.25, 0.3) is 0 Å². The number of rotatable bonds is 5. The summed E-state index contributed by atoms with van der Waals surface area (Å²) < 4.78 is 31.3. The highest BCUT2D eigenvalue weighted by atomic mass is 32.2. The monoisotopic (exact) mass is 309 g/mol. The molecule has 21 heavy (non-hydrogen) atoms. The Labute approximate surface area is 122 Å². The summed E-state index contributed by atoms with van der Waals surface area (Å²) in [6, 6.07) is 5.53. The number of nitrogens with one attached hydrogen (secondary N) is 2. The van der Waals surface area contributed by atoms with Gasteiger partial charge in [-0.05, 0) is 31.2 Å². The molecule has 2 rings (SSSR count). The van der Waals surface area contributed by atoms with Crippen LogP contribution in [0.4, 0.5) is 0 Å². The molecule has 0 saturated carbocycles.